The van der Waals surface area contributed by atoms with Crippen molar-refractivity contribution in [2.45, 2.75) is 6.18 Å². The number of fused-ring (bicyclic) bond motifs is 1. The number of benzene rings is 2. The lowest BCUT2D eigenvalue weighted by atomic mass is 10.1. The number of nitrogens with zero attached hydrogens (tertiary/aromatic N) is 3. The zero-order valence-corrected chi connectivity index (χ0v) is 15.5. The Morgan fingerprint density at radius 1 is 0.931 bits per heavy atom. The molecule has 1 aliphatic rings. The van der Waals surface area contributed by atoms with Gasteiger partial charge in [-0.3, -0.25) is 9.78 Å². The van der Waals surface area contributed by atoms with Crippen molar-refractivity contribution in [3.8, 4) is 0 Å². The Morgan fingerprint density at radius 3 is 2.21 bits per heavy atom. The smallest absolute Gasteiger partial charge is 0.368 e. The average Bonchev–Trinajstić information content (AvgIpc) is 2.72. The zero-order valence-electron chi connectivity index (χ0n) is 15.5. The molecule has 0 radical (unpaired) electrons. The summed E-state index contributed by atoms with van der Waals surface area (Å²) in [7, 11) is 0. The number of rotatable bonds is 3. The number of primary amides is 1. The Balaban J connectivity index is 1.52. The number of piperazine rings is 1. The number of hydrogen-bond donors (Lipinski definition) is 1. The Morgan fingerprint density at radius 2 is 1.59 bits per heavy atom. The first-order chi connectivity index (χ1) is 13.8. The molecule has 0 aliphatic carbocycles. The molecule has 8 heteroatoms. The van der Waals surface area contributed by atoms with E-state index < -0.39 is 17.6 Å². The van der Waals surface area contributed by atoms with Gasteiger partial charge in [0.15, 0.2) is 0 Å². The second-order valence-corrected chi connectivity index (χ2v) is 6.94. The molecule has 29 heavy (non-hydrogen) atoms. The largest absolute Gasteiger partial charge is 0.416 e. The van der Waals surface area contributed by atoms with E-state index in [2.05, 4.69) is 14.8 Å². The highest BCUT2D eigenvalue weighted by atomic mass is 19.4. The number of carbonyl (C=O) groups is 1. The van der Waals surface area contributed by atoms with E-state index in [1.54, 1.807) is 18.3 Å². The molecule has 1 aromatic heterocycles. The molecule has 0 spiro atoms. The normalized spacial score (nSPS) is 15.0. The number of alkyl halides is 3. The maximum Gasteiger partial charge on any atom is 0.416 e. The average molecular weight is 400 g/mol. The summed E-state index contributed by atoms with van der Waals surface area (Å²) in [6, 6.07) is 12.7. The van der Waals surface area contributed by atoms with Gasteiger partial charge in [0.25, 0.3) is 0 Å². The first kappa shape index (κ1) is 19.0. The third kappa shape index (κ3) is 3.83. The van der Waals surface area contributed by atoms with Crippen LogP contribution in [-0.4, -0.2) is 37.1 Å². The SMILES string of the molecule is NC(=O)c1ccc(N2CCN(c3ccnc4cc(C(F)(F)F)ccc34)CC2)cc1. The second-order valence-electron chi connectivity index (χ2n) is 6.94. The number of nitrogens with two attached hydrogens (primary N) is 1. The van der Waals surface area contributed by atoms with Crippen LogP contribution < -0.4 is 15.5 Å². The zero-order chi connectivity index (χ0) is 20.6. The number of pyridine rings is 1. The van der Waals surface area contributed by atoms with Gasteiger partial charge in [0, 0.05) is 54.7 Å². The molecule has 2 heterocycles. The Kier molecular flexibility index (Phi) is 4.77. The van der Waals surface area contributed by atoms with E-state index in [9.17, 15) is 18.0 Å². The van der Waals surface area contributed by atoms with Gasteiger partial charge in [0.2, 0.25) is 5.91 Å². The number of aromatic nitrogens is 1. The van der Waals surface area contributed by atoms with Crippen LogP contribution >= 0.6 is 0 Å². The van der Waals surface area contributed by atoms with Crippen LogP contribution in [0.5, 0.6) is 0 Å². The first-order valence-electron chi connectivity index (χ1n) is 9.19. The lowest BCUT2D eigenvalue weighted by Crippen LogP contribution is -2.46. The van der Waals surface area contributed by atoms with Crippen LogP contribution in [0.2, 0.25) is 0 Å². The molecule has 2 N–H and O–H groups in total. The van der Waals surface area contributed by atoms with Crippen LogP contribution in [-0.2, 0) is 6.18 Å². The Bertz CT molecular complexity index is 1040. The molecule has 0 saturated carbocycles. The summed E-state index contributed by atoms with van der Waals surface area (Å²) in [5.74, 6) is -0.459. The van der Waals surface area contributed by atoms with E-state index >= 15 is 0 Å². The van der Waals surface area contributed by atoms with E-state index in [4.69, 9.17) is 5.73 Å². The van der Waals surface area contributed by atoms with E-state index in [1.807, 2.05) is 18.2 Å². The number of halogens is 3. The topological polar surface area (TPSA) is 62.5 Å². The van der Waals surface area contributed by atoms with Crippen LogP contribution in [0.1, 0.15) is 15.9 Å². The Labute approximate surface area is 165 Å². The lowest BCUT2D eigenvalue weighted by molar-refractivity contribution is -0.137. The van der Waals surface area contributed by atoms with Crippen molar-refractivity contribution in [1.29, 1.82) is 0 Å². The summed E-state index contributed by atoms with van der Waals surface area (Å²) in [5, 5.41) is 0.708. The molecule has 150 valence electrons. The quantitative estimate of drug-likeness (QED) is 0.729. The molecule has 1 amide bonds. The van der Waals surface area contributed by atoms with Crippen LogP contribution in [0, 0.1) is 0 Å². The molecule has 0 bridgehead atoms. The van der Waals surface area contributed by atoms with Gasteiger partial charge in [-0.15, -0.1) is 0 Å². The molecule has 2 aromatic carbocycles. The molecule has 1 fully saturated rings. The van der Waals surface area contributed by atoms with Gasteiger partial charge in [0.1, 0.15) is 0 Å². The third-order valence-electron chi connectivity index (χ3n) is 5.18. The van der Waals surface area contributed by atoms with E-state index in [0.29, 0.717) is 16.5 Å². The summed E-state index contributed by atoms with van der Waals surface area (Å²) in [5.41, 5.74) is 7.27. The highest BCUT2D eigenvalue weighted by Gasteiger charge is 2.31. The molecule has 5 nitrogen and oxygen atoms in total. The molecule has 0 unspecified atom stereocenters. The molecule has 1 aliphatic heterocycles. The van der Waals surface area contributed by atoms with Gasteiger partial charge in [0.05, 0.1) is 11.1 Å². The maximum atomic E-state index is 13.0. The second kappa shape index (κ2) is 7.27. The molecular formula is C21H19F3N4O. The third-order valence-corrected chi connectivity index (χ3v) is 5.18. The van der Waals surface area contributed by atoms with Crippen molar-refractivity contribution in [3.05, 3.63) is 65.9 Å². The van der Waals surface area contributed by atoms with Gasteiger partial charge in [-0.25, -0.2) is 0 Å². The number of carbonyl (C=O) groups excluding carboxylic acids is 1. The molecular weight excluding hydrogens is 381 g/mol. The predicted molar refractivity (Wildman–Crippen MR) is 106 cm³/mol. The molecule has 0 atom stereocenters. The number of anilines is 2. The fourth-order valence-electron chi connectivity index (χ4n) is 3.63. The van der Waals surface area contributed by atoms with Crippen LogP contribution in [0.4, 0.5) is 24.5 Å². The van der Waals surface area contributed by atoms with Crippen molar-refractivity contribution in [2.75, 3.05) is 36.0 Å². The Hall–Kier alpha value is -3.29. The number of amides is 1. The van der Waals surface area contributed by atoms with Gasteiger partial charge in [-0.2, -0.15) is 13.2 Å². The van der Waals surface area contributed by atoms with Gasteiger partial charge >= 0.3 is 6.18 Å². The minimum atomic E-state index is -4.39. The van der Waals surface area contributed by atoms with Crippen LogP contribution in [0.25, 0.3) is 10.9 Å². The van der Waals surface area contributed by atoms with Gasteiger partial charge < -0.3 is 15.5 Å². The minimum absolute atomic E-state index is 0.335. The van der Waals surface area contributed by atoms with E-state index in [1.165, 1.54) is 6.07 Å². The summed E-state index contributed by atoms with van der Waals surface area (Å²) in [4.78, 5) is 19.7. The van der Waals surface area contributed by atoms with Crippen LogP contribution in [0.3, 0.4) is 0 Å². The minimum Gasteiger partial charge on any atom is -0.368 e. The van der Waals surface area contributed by atoms with Gasteiger partial charge in [-0.1, -0.05) is 6.07 Å². The first-order valence-corrected chi connectivity index (χ1v) is 9.19. The van der Waals surface area contributed by atoms with Gasteiger partial charge in [-0.05, 0) is 42.5 Å². The fraction of sp³-hybridized carbons (Fsp3) is 0.238. The summed E-state index contributed by atoms with van der Waals surface area (Å²) >= 11 is 0. The van der Waals surface area contributed by atoms with Crippen molar-refractivity contribution in [2.24, 2.45) is 5.73 Å². The van der Waals surface area contributed by atoms with Crippen molar-refractivity contribution >= 4 is 28.2 Å². The van der Waals surface area contributed by atoms with Crippen molar-refractivity contribution in [3.63, 3.8) is 0 Å². The maximum absolute atomic E-state index is 13.0. The fourth-order valence-corrected chi connectivity index (χ4v) is 3.63. The van der Waals surface area contributed by atoms with Crippen molar-refractivity contribution < 1.29 is 18.0 Å². The lowest BCUT2D eigenvalue weighted by Gasteiger charge is -2.37. The summed E-state index contributed by atoms with van der Waals surface area (Å²) in [6.45, 7) is 2.94. The number of hydrogen-bond acceptors (Lipinski definition) is 4. The highest BCUT2D eigenvalue weighted by molar-refractivity contribution is 5.93. The van der Waals surface area contributed by atoms with Crippen molar-refractivity contribution in [1.82, 2.24) is 4.98 Å². The molecule has 1 saturated heterocycles. The monoisotopic (exact) mass is 400 g/mol. The van der Waals surface area contributed by atoms with E-state index in [-0.39, 0.29) is 0 Å². The van der Waals surface area contributed by atoms with Crippen LogP contribution in [0.15, 0.2) is 54.7 Å². The molecule has 3 aromatic rings. The molecule has 4 rings (SSSR count). The van der Waals surface area contributed by atoms with E-state index in [0.717, 1.165) is 49.7 Å². The standard InChI is InChI=1S/C21H19F3N4O/c22-21(23,24)15-3-6-17-18(13-15)26-8-7-19(17)28-11-9-27(10-12-28)16-4-1-14(2-5-16)20(25)29/h1-8,13H,9-12H2,(H2,25,29). The highest BCUT2D eigenvalue weighted by Crippen LogP contribution is 2.34. The predicted octanol–water partition coefficient (Wildman–Crippen LogP) is 3.68. The summed E-state index contributed by atoms with van der Waals surface area (Å²) in [6.07, 6.45) is -2.84. The summed E-state index contributed by atoms with van der Waals surface area (Å²) < 4.78 is 38.9.